The summed E-state index contributed by atoms with van der Waals surface area (Å²) >= 11 is 0. The first-order valence-electron chi connectivity index (χ1n) is 8.08. The molecule has 142 valence electrons. The van der Waals surface area contributed by atoms with Gasteiger partial charge in [-0.05, 0) is 19.3 Å². The van der Waals surface area contributed by atoms with Gasteiger partial charge < -0.3 is 14.2 Å². The molecule has 0 unspecified atom stereocenters. The Morgan fingerprint density at radius 1 is 0.708 bits per heavy atom. The van der Waals surface area contributed by atoms with Gasteiger partial charge in [0.1, 0.15) is 0 Å². The van der Waals surface area contributed by atoms with E-state index in [0.29, 0.717) is 19.3 Å². The molecule has 0 aromatic heterocycles. The summed E-state index contributed by atoms with van der Waals surface area (Å²) in [5.74, 6) is -1.77. The van der Waals surface area contributed by atoms with Gasteiger partial charge in [-0.2, -0.15) is 0 Å². The maximum Gasteiger partial charge on any atom is 0.597 e. The molecular weight excluding hydrogens is 313 g/mol. The fraction of sp³-hybridized carbons (Fsp3) is 0.812. The van der Waals surface area contributed by atoms with Gasteiger partial charge in [-0.1, -0.05) is 29.2 Å². The highest BCUT2D eigenvalue weighted by molar-refractivity contribution is 5.75. The van der Waals surface area contributed by atoms with Gasteiger partial charge in [-0.25, -0.2) is 4.48 Å². The van der Waals surface area contributed by atoms with Crippen LogP contribution in [-0.4, -0.2) is 58.0 Å². The van der Waals surface area contributed by atoms with Gasteiger partial charge in [0.15, 0.2) is 0 Å². The van der Waals surface area contributed by atoms with Crippen LogP contribution in [0.3, 0.4) is 0 Å². The Hall–Kier alpha value is -1.57. The van der Waals surface area contributed by atoms with Gasteiger partial charge in [-0.3, -0.25) is 14.4 Å². The number of hydrogen-bond donors (Lipinski definition) is 0. The first-order chi connectivity index (χ1) is 10.6. The Kier molecular flexibility index (Phi) is 11.4. The lowest BCUT2D eigenvalue weighted by atomic mass is 10.3. The second-order valence-corrected chi connectivity index (χ2v) is 6.21. The van der Waals surface area contributed by atoms with Crippen molar-refractivity contribution in [1.29, 1.82) is 0 Å². The average Bonchev–Trinajstić information content (AvgIpc) is 2.37. The zero-order valence-corrected chi connectivity index (χ0v) is 15.1. The number of carbonyl (C=O) groups is 3. The number of nitrogens with zero attached hydrogens (tertiary/aromatic N) is 1. The van der Waals surface area contributed by atoms with Crippen LogP contribution >= 0.6 is 0 Å². The molecule has 0 aromatic rings. The van der Waals surface area contributed by atoms with E-state index in [-0.39, 0.29) is 32.2 Å². The molecular formula is C16H34BNO6. The number of rotatable bonds is 10. The molecule has 0 fully saturated rings. The minimum absolute atomic E-state index is 0. The molecule has 0 N–H and O–H groups in total. The molecule has 0 aromatic carbocycles. The Balaban J connectivity index is 0. The minimum Gasteiger partial charge on any atom is -0.338 e. The summed E-state index contributed by atoms with van der Waals surface area (Å²) in [5.41, 5.74) is 0. The molecule has 8 heteroatoms. The lowest BCUT2D eigenvalue weighted by Crippen LogP contribution is -2.64. The largest absolute Gasteiger partial charge is 0.597 e. The highest BCUT2D eigenvalue weighted by Crippen LogP contribution is 2.27. The van der Waals surface area contributed by atoms with E-state index >= 15 is 0 Å². The van der Waals surface area contributed by atoms with Crippen LogP contribution in [0.15, 0.2) is 0 Å². The molecule has 0 saturated heterocycles. The van der Waals surface area contributed by atoms with Crippen LogP contribution in [0.5, 0.6) is 0 Å². The monoisotopic (exact) mass is 347 g/mol. The van der Waals surface area contributed by atoms with Gasteiger partial charge in [-0.15, -0.1) is 0 Å². The Bertz CT molecular complexity index is 369. The summed E-state index contributed by atoms with van der Waals surface area (Å²) in [5, 5.41) is 0. The fourth-order valence-corrected chi connectivity index (χ4v) is 1.67. The van der Waals surface area contributed by atoms with Crippen molar-refractivity contribution in [2.75, 3.05) is 21.1 Å². The zero-order valence-electron chi connectivity index (χ0n) is 15.1. The molecule has 0 heterocycles. The summed E-state index contributed by atoms with van der Waals surface area (Å²) < 4.78 is 15.8. The van der Waals surface area contributed by atoms with Crippen molar-refractivity contribution < 1.29 is 33.1 Å². The van der Waals surface area contributed by atoms with E-state index in [4.69, 9.17) is 14.2 Å². The van der Waals surface area contributed by atoms with Gasteiger partial charge in [0, 0.05) is 19.3 Å². The second-order valence-electron chi connectivity index (χ2n) is 6.21. The Morgan fingerprint density at radius 3 is 1.12 bits per heavy atom. The molecule has 0 saturated carbocycles. The molecule has 0 bridgehead atoms. The van der Waals surface area contributed by atoms with Gasteiger partial charge in [0.25, 0.3) is 0 Å². The SMILES string of the molecule is CCCC(=O)OC(OC(=O)CCC)(OC(=O)CCC)[N+](C)(C)C.[BH4-]. The van der Waals surface area contributed by atoms with Crippen LogP contribution < -0.4 is 0 Å². The van der Waals surface area contributed by atoms with Crippen molar-refractivity contribution in [1.82, 2.24) is 0 Å². The lowest BCUT2D eigenvalue weighted by Gasteiger charge is -2.39. The van der Waals surface area contributed by atoms with Crippen molar-refractivity contribution in [2.24, 2.45) is 0 Å². The normalized spacial score (nSPS) is 11.2. The van der Waals surface area contributed by atoms with Crippen LogP contribution in [0, 0.1) is 0 Å². The standard InChI is InChI=1S/C16H30NO6.BH4/c1-7-10-13(18)21-16(17(4,5)6,22-14(19)11-8-2)23-15(20)12-9-3;/h7-12H2,1-6H3;1H4/q+1;-1. The molecule has 0 aliphatic rings. The first-order valence-corrected chi connectivity index (χ1v) is 8.08. The number of carbonyl (C=O) groups excluding carboxylic acids is 3. The quantitative estimate of drug-likeness (QED) is 0.253. The smallest absolute Gasteiger partial charge is 0.338 e. The number of hydrogen-bond acceptors (Lipinski definition) is 6. The van der Waals surface area contributed by atoms with E-state index in [2.05, 4.69) is 0 Å². The van der Waals surface area contributed by atoms with Crippen molar-refractivity contribution in [3.8, 4) is 0 Å². The van der Waals surface area contributed by atoms with E-state index < -0.39 is 24.0 Å². The summed E-state index contributed by atoms with van der Waals surface area (Å²) in [6, 6.07) is 0. The molecule has 7 nitrogen and oxygen atoms in total. The van der Waals surface area contributed by atoms with E-state index in [0.717, 1.165) is 0 Å². The first kappa shape index (κ1) is 24.7. The third-order valence-corrected chi connectivity index (χ3v) is 2.91. The van der Waals surface area contributed by atoms with Gasteiger partial charge in [0.2, 0.25) is 0 Å². The predicted octanol–water partition coefficient (Wildman–Crippen LogP) is 0.882. The molecule has 0 aliphatic heterocycles. The van der Waals surface area contributed by atoms with Gasteiger partial charge >= 0.3 is 24.0 Å². The van der Waals surface area contributed by atoms with Crippen molar-refractivity contribution in [3.63, 3.8) is 0 Å². The lowest BCUT2D eigenvalue weighted by molar-refractivity contribution is -1.00. The summed E-state index contributed by atoms with van der Waals surface area (Å²) in [4.78, 5) is 35.9. The third-order valence-electron chi connectivity index (χ3n) is 2.91. The molecule has 0 amide bonds. The minimum atomic E-state index is -2.11. The van der Waals surface area contributed by atoms with Crippen LogP contribution in [0.25, 0.3) is 0 Å². The molecule has 0 radical (unpaired) electrons. The Morgan fingerprint density at radius 2 is 0.958 bits per heavy atom. The molecule has 0 spiro atoms. The van der Waals surface area contributed by atoms with Crippen LogP contribution in [-0.2, 0) is 28.6 Å². The highest BCUT2D eigenvalue weighted by Gasteiger charge is 2.57. The Labute approximate surface area is 146 Å². The van der Waals surface area contributed by atoms with E-state index in [1.165, 1.54) is 0 Å². The van der Waals surface area contributed by atoms with Crippen LogP contribution in [0.4, 0.5) is 0 Å². The summed E-state index contributed by atoms with van der Waals surface area (Å²) in [7, 11) is 4.87. The highest BCUT2D eigenvalue weighted by atomic mass is 16.9. The summed E-state index contributed by atoms with van der Waals surface area (Å²) in [6.45, 7) is 5.46. The van der Waals surface area contributed by atoms with Gasteiger partial charge in [0.05, 0.1) is 21.1 Å². The number of quaternary nitrogens is 1. The fourth-order valence-electron chi connectivity index (χ4n) is 1.67. The molecule has 0 aliphatic carbocycles. The summed E-state index contributed by atoms with van der Waals surface area (Å²) in [6.07, 6.45) is 0.00753. The second kappa shape index (κ2) is 11.1. The maximum atomic E-state index is 12.0. The average molecular weight is 347 g/mol. The van der Waals surface area contributed by atoms with Crippen LogP contribution in [0.2, 0.25) is 0 Å². The van der Waals surface area contributed by atoms with Crippen molar-refractivity contribution >= 4 is 26.3 Å². The third kappa shape index (κ3) is 7.81. The molecule has 0 rings (SSSR count). The van der Waals surface area contributed by atoms with E-state index in [1.807, 2.05) is 20.8 Å². The predicted molar refractivity (Wildman–Crippen MR) is 95.1 cm³/mol. The number of ether oxygens (including phenoxy) is 3. The van der Waals surface area contributed by atoms with E-state index in [9.17, 15) is 14.4 Å². The topological polar surface area (TPSA) is 78.9 Å². The van der Waals surface area contributed by atoms with Crippen molar-refractivity contribution in [2.45, 2.75) is 65.4 Å². The zero-order chi connectivity index (χ0) is 18.1. The molecule has 24 heavy (non-hydrogen) atoms. The van der Waals surface area contributed by atoms with E-state index in [1.54, 1.807) is 21.1 Å². The van der Waals surface area contributed by atoms with Crippen LogP contribution in [0.1, 0.15) is 59.3 Å². The number of esters is 3. The molecule has 0 atom stereocenters. The maximum absolute atomic E-state index is 12.0. The van der Waals surface area contributed by atoms with Crippen molar-refractivity contribution in [3.05, 3.63) is 0 Å².